The Labute approximate surface area is 127 Å². The zero-order valence-electron chi connectivity index (χ0n) is 11.6. The molecule has 4 heteroatoms. The molecule has 0 N–H and O–H groups in total. The molecule has 1 aromatic carbocycles. The van der Waals surface area contributed by atoms with Gasteiger partial charge in [0.25, 0.3) is 0 Å². The van der Waals surface area contributed by atoms with Crippen LogP contribution in [-0.2, 0) is 0 Å². The van der Waals surface area contributed by atoms with Crippen LogP contribution >= 0.6 is 22.9 Å². The van der Waals surface area contributed by atoms with Crippen molar-refractivity contribution < 1.29 is 0 Å². The number of halogens is 1. The fourth-order valence-corrected chi connectivity index (χ4v) is 3.69. The molecule has 3 aromatic rings. The molecule has 0 aliphatic heterocycles. The van der Waals surface area contributed by atoms with Gasteiger partial charge in [0.05, 0.1) is 10.2 Å². The van der Waals surface area contributed by atoms with Gasteiger partial charge < -0.3 is 0 Å². The van der Waals surface area contributed by atoms with Gasteiger partial charge >= 0.3 is 0 Å². The summed E-state index contributed by atoms with van der Waals surface area (Å²) in [4.78, 5) is 9.63. The van der Waals surface area contributed by atoms with Gasteiger partial charge in [0.2, 0.25) is 0 Å². The zero-order valence-corrected chi connectivity index (χ0v) is 13.2. The van der Waals surface area contributed by atoms with E-state index in [9.17, 15) is 0 Å². The van der Waals surface area contributed by atoms with Crippen LogP contribution in [0.3, 0.4) is 0 Å². The molecule has 0 atom stereocenters. The lowest BCUT2D eigenvalue weighted by atomic mass is 10.0. The second-order valence-corrected chi connectivity index (χ2v) is 6.55. The van der Waals surface area contributed by atoms with Crippen molar-refractivity contribution >= 4 is 33.2 Å². The molecule has 2 nitrogen and oxygen atoms in total. The molecule has 3 rings (SSSR count). The van der Waals surface area contributed by atoms with Crippen LogP contribution in [0.1, 0.15) is 30.9 Å². The van der Waals surface area contributed by atoms with Gasteiger partial charge in [0.15, 0.2) is 0 Å². The Morgan fingerprint density at radius 3 is 2.40 bits per heavy atom. The highest BCUT2D eigenvalue weighted by atomic mass is 35.5. The summed E-state index contributed by atoms with van der Waals surface area (Å²) in [6.07, 6.45) is 1.52. The van der Waals surface area contributed by atoms with Crippen molar-refractivity contribution in [1.82, 2.24) is 9.97 Å². The summed E-state index contributed by atoms with van der Waals surface area (Å²) in [6, 6.07) is 8.73. The summed E-state index contributed by atoms with van der Waals surface area (Å²) >= 11 is 7.82. The fraction of sp³-hybridized carbons (Fsp3) is 0.250. The Bertz CT molecular complexity index is 760. The zero-order chi connectivity index (χ0) is 14.3. The van der Waals surface area contributed by atoms with Gasteiger partial charge in [0, 0.05) is 4.88 Å². The first kappa shape index (κ1) is 13.5. The molecule has 0 bridgehead atoms. The summed E-state index contributed by atoms with van der Waals surface area (Å²) in [7, 11) is 0. The van der Waals surface area contributed by atoms with Crippen LogP contribution in [0.5, 0.6) is 0 Å². The van der Waals surface area contributed by atoms with Crippen LogP contribution in [0.2, 0.25) is 5.15 Å². The predicted molar refractivity (Wildman–Crippen MR) is 86.7 cm³/mol. The molecule has 0 spiro atoms. The molecule has 0 aliphatic carbocycles. The second kappa shape index (κ2) is 5.15. The number of hydrogen-bond donors (Lipinski definition) is 0. The van der Waals surface area contributed by atoms with E-state index in [1.165, 1.54) is 27.9 Å². The average Bonchev–Trinajstić information content (AvgIpc) is 2.78. The molecule has 0 radical (unpaired) electrons. The topological polar surface area (TPSA) is 25.8 Å². The van der Waals surface area contributed by atoms with Crippen molar-refractivity contribution in [2.45, 2.75) is 26.7 Å². The number of thiophene rings is 1. The maximum atomic E-state index is 6.16. The number of nitrogens with zero attached hydrogens (tertiary/aromatic N) is 2. The van der Waals surface area contributed by atoms with Gasteiger partial charge in [-0.2, -0.15) is 0 Å². The highest BCUT2D eigenvalue weighted by Gasteiger charge is 2.14. The number of fused-ring (bicyclic) bond motifs is 1. The number of benzene rings is 1. The van der Waals surface area contributed by atoms with Gasteiger partial charge in [-0.1, -0.05) is 49.7 Å². The third kappa shape index (κ3) is 2.21. The number of aromatic nitrogens is 2. The Kier molecular flexibility index (Phi) is 3.48. The van der Waals surface area contributed by atoms with Gasteiger partial charge in [-0.25, -0.2) is 9.97 Å². The summed E-state index contributed by atoms with van der Waals surface area (Å²) in [5.41, 5.74) is 4.70. The molecule has 0 aliphatic rings. The van der Waals surface area contributed by atoms with Crippen molar-refractivity contribution in [2.24, 2.45) is 0 Å². The Hall–Kier alpha value is -1.45. The summed E-state index contributed by atoms with van der Waals surface area (Å²) in [6.45, 7) is 6.50. The molecule has 2 heterocycles. The van der Waals surface area contributed by atoms with Crippen LogP contribution in [0.15, 0.2) is 30.6 Å². The summed E-state index contributed by atoms with van der Waals surface area (Å²) in [5.74, 6) is 0.549. The molecular formula is C16H15ClN2S. The lowest BCUT2D eigenvalue weighted by Crippen LogP contribution is -1.86. The normalized spacial score (nSPS) is 11.4. The lowest BCUT2D eigenvalue weighted by Gasteiger charge is -2.06. The van der Waals surface area contributed by atoms with Crippen molar-refractivity contribution in [3.63, 3.8) is 0 Å². The standard InChI is InChI=1S/C16H15ClN2S/c1-9(2)11-4-6-12(7-5-11)14-10(3)13-15(20-14)16(17)19-8-18-13/h4-9H,1-3H3. The van der Waals surface area contributed by atoms with Crippen molar-refractivity contribution in [3.05, 3.63) is 46.9 Å². The number of hydrogen-bond acceptors (Lipinski definition) is 3. The van der Waals surface area contributed by atoms with Crippen LogP contribution < -0.4 is 0 Å². The van der Waals surface area contributed by atoms with E-state index in [4.69, 9.17) is 11.6 Å². The highest BCUT2D eigenvalue weighted by Crippen LogP contribution is 2.39. The molecule has 0 fully saturated rings. The lowest BCUT2D eigenvalue weighted by molar-refractivity contribution is 0.867. The molecular weight excluding hydrogens is 288 g/mol. The molecule has 2 aromatic heterocycles. The van der Waals surface area contributed by atoms with Crippen LogP contribution in [0.25, 0.3) is 20.7 Å². The van der Waals surface area contributed by atoms with Gasteiger partial charge in [-0.05, 0) is 29.5 Å². The first-order chi connectivity index (χ1) is 9.58. The smallest absolute Gasteiger partial charge is 0.150 e. The molecule has 20 heavy (non-hydrogen) atoms. The summed E-state index contributed by atoms with van der Waals surface area (Å²) in [5, 5.41) is 0.535. The maximum absolute atomic E-state index is 6.16. The number of aryl methyl sites for hydroxylation is 1. The first-order valence-electron chi connectivity index (χ1n) is 6.58. The highest BCUT2D eigenvalue weighted by molar-refractivity contribution is 7.23. The molecule has 0 amide bonds. The minimum atomic E-state index is 0.535. The van der Waals surface area contributed by atoms with Crippen molar-refractivity contribution in [2.75, 3.05) is 0 Å². The van der Waals surface area contributed by atoms with Crippen LogP contribution in [-0.4, -0.2) is 9.97 Å². The Morgan fingerprint density at radius 1 is 1.10 bits per heavy atom. The molecule has 0 saturated heterocycles. The van der Waals surface area contributed by atoms with E-state index < -0.39 is 0 Å². The first-order valence-corrected chi connectivity index (χ1v) is 7.77. The van der Waals surface area contributed by atoms with Gasteiger partial charge in [0.1, 0.15) is 11.5 Å². The van der Waals surface area contributed by atoms with E-state index in [1.54, 1.807) is 11.3 Å². The average molecular weight is 303 g/mol. The van der Waals surface area contributed by atoms with Crippen molar-refractivity contribution in [1.29, 1.82) is 0 Å². The largest absolute Gasteiger partial charge is 0.235 e. The molecule has 0 saturated carbocycles. The van der Waals surface area contributed by atoms with Crippen LogP contribution in [0, 0.1) is 6.92 Å². The molecule has 0 unspecified atom stereocenters. The second-order valence-electron chi connectivity index (χ2n) is 5.18. The van der Waals surface area contributed by atoms with E-state index in [1.807, 2.05) is 0 Å². The van der Waals surface area contributed by atoms with E-state index >= 15 is 0 Å². The number of rotatable bonds is 2. The summed E-state index contributed by atoms with van der Waals surface area (Å²) < 4.78 is 0.967. The minimum absolute atomic E-state index is 0.535. The SMILES string of the molecule is Cc1c(-c2ccc(C(C)C)cc2)sc2c(Cl)ncnc12. The van der Waals surface area contributed by atoms with E-state index in [0.29, 0.717) is 11.1 Å². The molecule has 102 valence electrons. The Balaban J connectivity index is 2.14. The third-order valence-corrected chi connectivity index (χ3v) is 5.24. The quantitative estimate of drug-likeness (QED) is 0.589. The van der Waals surface area contributed by atoms with Gasteiger partial charge in [-0.15, -0.1) is 11.3 Å². The van der Waals surface area contributed by atoms with E-state index in [2.05, 4.69) is 55.0 Å². The maximum Gasteiger partial charge on any atom is 0.150 e. The van der Waals surface area contributed by atoms with E-state index in [-0.39, 0.29) is 0 Å². The minimum Gasteiger partial charge on any atom is -0.235 e. The van der Waals surface area contributed by atoms with E-state index in [0.717, 1.165) is 10.2 Å². The van der Waals surface area contributed by atoms with Crippen molar-refractivity contribution in [3.8, 4) is 10.4 Å². The predicted octanol–water partition coefficient (Wildman–Crippen LogP) is 5.44. The monoisotopic (exact) mass is 302 g/mol. The third-order valence-electron chi connectivity index (χ3n) is 3.50. The van der Waals surface area contributed by atoms with Crippen LogP contribution in [0.4, 0.5) is 0 Å². The fourth-order valence-electron chi connectivity index (χ4n) is 2.29. The van der Waals surface area contributed by atoms with Gasteiger partial charge in [-0.3, -0.25) is 0 Å². The Morgan fingerprint density at radius 2 is 1.80 bits per heavy atom.